The van der Waals surface area contributed by atoms with E-state index in [-0.39, 0.29) is 11.9 Å². The molecule has 0 aliphatic carbocycles. The zero-order valence-corrected chi connectivity index (χ0v) is 13.6. The van der Waals surface area contributed by atoms with Gasteiger partial charge in [-0.15, -0.1) is 0 Å². The van der Waals surface area contributed by atoms with Crippen LogP contribution >= 0.6 is 0 Å². The van der Waals surface area contributed by atoms with Gasteiger partial charge in [-0.1, -0.05) is 26.0 Å². The summed E-state index contributed by atoms with van der Waals surface area (Å²) in [5, 5.41) is 7.64. The van der Waals surface area contributed by atoms with E-state index in [1.807, 2.05) is 28.9 Å². The predicted octanol–water partition coefficient (Wildman–Crippen LogP) is 1.60. The van der Waals surface area contributed by atoms with Crippen molar-refractivity contribution in [3.63, 3.8) is 0 Å². The first-order valence-electron chi connectivity index (χ1n) is 8.10. The quantitative estimate of drug-likeness (QED) is 0.898. The summed E-state index contributed by atoms with van der Waals surface area (Å²) in [5.74, 6) is 2.17. The van der Waals surface area contributed by atoms with Crippen molar-refractivity contribution in [3.8, 4) is 0 Å². The Bertz CT molecular complexity index is 690. The van der Waals surface area contributed by atoms with Crippen molar-refractivity contribution >= 4 is 5.91 Å². The van der Waals surface area contributed by atoms with Crippen molar-refractivity contribution in [3.05, 3.63) is 47.0 Å². The molecule has 23 heavy (non-hydrogen) atoms. The fourth-order valence-corrected chi connectivity index (χ4v) is 2.75. The van der Waals surface area contributed by atoms with Crippen LogP contribution in [0, 0.1) is 0 Å². The number of aromatic nitrogens is 3. The molecule has 1 atom stereocenters. The van der Waals surface area contributed by atoms with Crippen LogP contribution in [0.5, 0.6) is 0 Å². The van der Waals surface area contributed by atoms with Gasteiger partial charge in [-0.05, 0) is 24.1 Å². The number of carbonyl (C=O) groups excluding carboxylic acids is 1. The maximum absolute atomic E-state index is 12.4. The third-order valence-electron chi connectivity index (χ3n) is 4.18. The van der Waals surface area contributed by atoms with Crippen LogP contribution in [0.15, 0.2) is 24.3 Å². The van der Waals surface area contributed by atoms with E-state index in [1.165, 1.54) is 0 Å². The number of rotatable bonds is 4. The maximum Gasteiger partial charge on any atom is 0.251 e. The molecule has 1 unspecified atom stereocenters. The van der Waals surface area contributed by atoms with Crippen LogP contribution in [0.1, 0.15) is 53.8 Å². The second-order valence-electron chi connectivity index (χ2n) is 6.33. The Morgan fingerprint density at radius 2 is 2.13 bits per heavy atom. The van der Waals surface area contributed by atoms with Crippen LogP contribution in [0.4, 0.5) is 0 Å². The van der Waals surface area contributed by atoms with E-state index in [1.54, 1.807) is 0 Å². The largest absolute Gasteiger partial charge is 0.347 e. The molecule has 2 heterocycles. The van der Waals surface area contributed by atoms with E-state index in [0.29, 0.717) is 24.6 Å². The average Bonchev–Trinajstić information content (AvgIpc) is 2.98. The normalized spacial score (nSPS) is 17.1. The number of amides is 1. The molecule has 1 aromatic carbocycles. The van der Waals surface area contributed by atoms with E-state index in [0.717, 1.165) is 30.1 Å². The number of fused-ring (bicyclic) bond motifs is 1. The van der Waals surface area contributed by atoms with Gasteiger partial charge in [0, 0.05) is 30.5 Å². The molecular formula is C17H23N5O. The number of hydrogen-bond donors (Lipinski definition) is 2. The number of hydrogen-bond acceptors (Lipinski definition) is 4. The van der Waals surface area contributed by atoms with Crippen molar-refractivity contribution in [1.82, 2.24) is 20.1 Å². The average molecular weight is 313 g/mol. The highest BCUT2D eigenvalue weighted by atomic mass is 16.1. The van der Waals surface area contributed by atoms with Crippen LogP contribution < -0.4 is 11.1 Å². The molecule has 6 heteroatoms. The minimum absolute atomic E-state index is 0.0498. The van der Waals surface area contributed by atoms with Crippen molar-refractivity contribution in [1.29, 1.82) is 0 Å². The molecule has 1 aromatic heterocycles. The number of nitrogens with two attached hydrogens (primary N) is 1. The van der Waals surface area contributed by atoms with E-state index in [2.05, 4.69) is 29.2 Å². The molecule has 1 aliphatic heterocycles. The van der Waals surface area contributed by atoms with E-state index >= 15 is 0 Å². The van der Waals surface area contributed by atoms with E-state index < -0.39 is 0 Å². The molecule has 3 N–H and O–H groups in total. The fourth-order valence-electron chi connectivity index (χ4n) is 2.75. The standard InChI is InChI=1S/C17H23N5O/c1-11(2)16-20-15-8-7-14(10-22(15)21-16)19-17(23)13-5-3-12(9-18)4-6-13/h3-6,11,14H,7-10,18H2,1-2H3,(H,19,23). The van der Waals surface area contributed by atoms with Crippen LogP contribution in [-0.2, 0) is 19.5 Å². The van der Waals surface area contributed by atoms with Crippen molar-refractivity contribution in [2.45, 2.75) is 51.7 Å². The van der Waals surface area contributed by atoms with Gasteiger partial charge < -0.3 is 11.1 Å². The van der Waals surface area contributed by atoms with Gasteiger partial charge in [-0.2, -0.15) is 5.10 Å². The minimum atomic E-state index is -0.0498. The maximum atomic E-state index is 12.4. The lowest BCUT2D eigenvalue weighted by molar-refractivity contribution is 0.0926. The Morgan fingerprint density at radius 3 is 2.78 bits per heavy atom. The Hall–Kier alpha value is -2.21. The van der Waals surface area contributed by atoms with Crippen LogP contribution in [0.3, 0.4) is 0 Å². The van der Waals surface area contributed by atoms with Gasteiger partial charge in [0.2, 0.25) is 0 Å². The zero-order valence-electron chi connectivity index (χ0n) is 13.6. The predicted molar refractivity (Wildman–Crippen MR) is 88.0 cm³/mol. The SMILES string of the molecule is CC(C)c1nc2n(n1)CC(NC(=O)c1ccc(CN)cc1)CC2. The first-order valence-corrected chi connectivity index (χ1v) is 8.10. The molecule has 0 bridgehead atoms. The lowest BCUT2D eigenvalue weighted by Crippen LogP contribution is -2.41. The van der Waals surface area contributed by atoms with Gasteiger partial charge in [0.05, 0.1) is 6.54 Å². The lowest BCUT2D eigenvalue weighted by atomic mass is 10.1. The highest BCUT2D eigenvalue weighted by Crippen LogP contribution is 2.17. The molecule has 0 fully saturated rings. The highest BCUT2D eigenvalue weighted by Gasteiger charge is 2.23. The van der Waals surface area contributed by atoms with Crippen LogP contribution in [-0.4, -0.2) is 26.7 Å². The Morgan fingerprint density at radius 1 is 1.39 bits per heavy atom. The molecule has 0 saturated heterocycles. The number of nitrogens with one attached hydrogen (secondary N) is 1. The number of benzene rings is 1. The molecule has 0 radical (unpaired) electrons. The zero-order chi connectivity index (χ0) is 16.4. The smallest absolute Gasteiger partial charge is 0.251 e. The summed E-state index contributed by atoms with van der Waals surface area (Å²) in [6, 6.07) is 7.50. The molecule has 1 amide bonds. The summed E-state index contributed by atoms with van der Waals surface area (Å²) in [6.07, 6.45) is 1.74. The second-order valence-corrected chi connectivity index (χ2v) is 6.33. The first kappa shape index (κ1) is 15.7. The third-order valence-corrected chi connectivity index (χ3v) is 4.18. The van der Waals surface area contributed by atoms with Gasteiger partial charge in [0.1, 0.15) is 5.82 Å². The summed E-state index contributed by atoms with van der Waals surface area (Å²) in [4.78, 5) is 16.9. The highest BCUT2D eigenvalue weighted by molar-refractivity contribution is 5.94. The summed E-state index contributed by atoms with van der Waals surface area (Å²) < 4.78 is 1.93. The minimum Gasteiger partial charge on any atom is -0.347 e. The van der Waals surface area contributed by atoms with Crippen LogP contribution in [0.2, 0.25) is 0 Å². The Kier molecular flexibility index (Phi) is 4.43. The van der Waals surface area contributed by atoms with Gasteiger partial charge >= 0.3 is 0 Å². The molecular weight excluding hydrogens is 290 g/mol. The third kappa shape index (κ3) is 3.42. The van der Waals surface area contributed by atoms with Crippen molar-refractivity contribution < 1.29 is 4.79 Å². The summed E-state index contributed by atoms with van der Waals surface area (Å²) in [5.41, 5.74) is 7.26. The summed E-state index contributed by atoms with van der Waals surface area (Å²) in [7, 11) is 0. The molecule has 122 valence electrons. The Labute approximate surface area is 136 Å². The molecule has 1 aliphatic rings. The van der Waals surface area contributed by atoms with Gasteiger partial charge in [-0.3, -0.25) is 4.79 Å². The summed E-state index contributed by atoms with van der Waals surface area (Å²) in [6.45, 7) is 5.34. The molecule has 0 spiro atoms. The number of carbonyl (C=O) groups is 1. The van der Waals surface area contributed by atoms with E-state index in [4.69, 9.17) is 5.73 Å². The number of aryl methyl sites for hydroxylation is 1. The first-order chi connectivity index (χ1) is 11.1. The van der Waals surface area contributed by atoms with Gasteiger partial charge in [0.15, 0.2) is 5.82 Å². The molecule has 0 saturated carbocycles. The van der Waals surface area contributed by atoms with Gasteiger partial charge in [-0.25, -0.2) is 9.67 Å². The molecule has 2 aromatic rings. The Balaban J connectivity index is 1.65. The monoisotopic (exact) mass is 313 g/mol. The van der Waals surface area contributed by atoms with Gasteiger partial charge in [0.25, 0.3) is 5.91 Å². The second kappa shape index (κ2) is 6.50. The number of nitrogens with zero attached hydrogens (tertiary/aromatic N) is 3. The summed E-state index contributed by atoms with van der Waals surface area (Å²) >= 11 is 0. The topological polar surface area (TPSA) is 85.8 Å². The van der Waals surface area contributed by atoms with E-state index in [9.17, 15) is 4.79 Å². The van der Waals surface area contributed by atoms with Crippen molar-refractivity contribution in [2.24, 2.45) is 5.73 Å². The lowest BCUT2D eigenvalue weighted by Gasteiger charge is -2.23. The molecule has 6 nitrogen and oxygen atoms in total. The van der Waals surface area contributed by atoms with Crippen LogP contribution in [0.25, 0.3) is 0 Å². The van der Waals surface area contributed by atoms with Crippen molar-refractivity contribution in [2.75, 3.05) is 0 Å². The molecule has 3 rings (SSSR count). The fraction of sp³-hybridized carbons (Fsp3) is 0.471.